The molecule has 0 fully saturated rings. The highest BCUT2D eigenvalue weighted by atomic mass is 32.2. The van der Waals surface area contributed by atoms with Crippen molar-refractivity contribution in [1.82, 2.24) is 0 Å². The number of fused-ring (bicyclic) bond motifs is 1. The summed E-state index contributed by atoms with van der Waals surface area (Å²) in [7, 11) is -2.35. The molecule has 0 radical (unpaired) electrons. The van der Waals surface area contributed by atoms with Crippen LogP contribution in [0.5, 0.6) is 5.75 Å². The molecule has 1 aliphatic rings. The fourth-order valence-corrected chi connectivity index (χ4v) is 4.60. The van der Waals surface area contributed by atoms with Crippen molar-refractivity contribution in [3.8, 4) is 5.75 Å². The third kappa shape index (κ3) is 3.64. The summed E-state index contributed by atoms with van der Waals surface area (Å²) in [6.07, 6.45) is 1.04. The van der Waals surface area contributed by atoms with Gasteiger partial charge in [0.1, 0.15) is 10.6 Å². The standard InChI is InChI=1S/C20H24N2O4S/c1-5-22-17-8-7-16(12-15(17)6-9-20(22)23)21-27(24,25)19-11-14(3)13(2)10-18(19)26-4/h7-8,10-12,21H,5-6,9H2,1-4H3. The highest BCUT2D eigenvalue weighted by Gasteiger charge is 2.25. The average molecular weight is 388 g/mol. The van der Waals surface area contributed by atoms with Crippen molar-refractivity contribution in [3.05, 3.63) is 47.0 Å². The maximum atomic E-state index is 12.9. The van der Waals surface area contributed by atoms with E-state index >= 15 is 0 Å². The third-order valence-electron chi connectivity index (χ3n) is 4.92. The van der Waals surface area contributed by atoms with E-state index in [1.165, 1.54) is 7.11 Å². The minimum Gasteiger partial charge on any atom is -0.495 e. The van der Waals surface area contributed by atoms with Crippen molar-refractivity contribution in [1.29, 1.82) is 0 Å². The van der Waals surface area contributed by atoms with E-state index < -0.39 is 10.0 Å². The van der Waals surface area contributed by atoms with Crippen LogP contribution in [0, 0.1) is 13.8 Å². The molecule has 0 aliphatic carbocycles. The summed E-state index contributed by atoms with van der Waals surface area (Å²) in [5.74, 6) is 0.407. The Morgan fingerprint density at radius 2 is 1.81 bits per heavy atom. The lowest BCUT2D eigenvalue weighted by Gasteiger charge is -2.28. The van der Waals surface area contributed by atoms with Crippen LogP contribution in [-0.4, -0.2) is 28.0 Å². The zero-order valence-electron chi connectivity index (χ0n) is 16.0. The molecule has 0 bridgehead atoms. The van der Waals surface area contributed by atoms with E-state index in [4.69, 9.17) is 4.74 Å². The summed E-state index contributed by atoms with van der Waals surface area (Å²) >= 11 is 0. The smallest absolute Gasteiger partial charge is 0.265 e. The fourth-order valence-electron chi connectivity index (χ4n) is 3.31. The molecule has 0 saturated heterocycles. The number of benzene rings is 2. The van der Waals surface area contributed by atoms with Crippen molar-refractivity contribution >= 4 is 27.3 Å². The first-order chi connectivity index (χ1) is 12.8. The Hall–Kier alpha value is -2.54. The second-order valence-corrected chi connectivity index (χ2v) is 8.33. The van der Waals surface area contributed by atoms with Gasteiger partial charge in [-0.05, 0) is 74.2 Å². The Kier molecular flexibility index (Phi) is 5.15. The predicted molar refractivity (Wildman–Crippen MR) is 106 cm³/mol. The van der Waals surface area contributed by atoms with E-state index in [0.29, 0.717) is 30.8 Å². The van der Waals surface area contributed by atoms with Crippen molar-refractivity contribution < 1.29 is 17.9 Å². The molecule has 1 amide bonds. The lowest BCUT2D eigenvalue weighted by molar-refractivity contribution is -0.118. The number of carbonyl (C=O) groups excluding carboxylic acids is 1. The number of aryl methyl sites for hydroxylation is 3. The first-order valence-electron chi connectivity index (χ1n) is 8.88. The van der Waals surface area contributed by atoms with E-state index in [9.17, 15) is 13.2 Å². The van der Waals surface area contributed by atoms with Gasteiger partial charge in [0.2, 0.25) is 5.91 Å². The molecule has 2 aromatic rings. The summed E-state index contributed by atoms with van der Waals surface area (Å²) in [5.41, 5.74) is 4.12. The summed E-state index contributed by atoms with van der Waals surface area (Å²) < 4.78 is 33.8. The first kappa shape index (κ1) is 19.2. The molecule has 0 saturated carbocycles. The molecule has 0 spiro atoms. The minimum atomic E-state index is -3.81. The molecule has 7 heteroatoms. The number of ether oxygens (including phenoxy) is 1. The van der Waals surface area contributed by atoms with Gasteiger partial charge in [-0.25, -0.2) is 8.42 Å². The van der Waals surface area contributed by atoms with Crippen LogP contribution in [0.4, 0.5) is 11.4 Å². The van der Waals surface area contributed by atoms with Crippen LogP contribution in [0.3, 0.4) is 0 Å². The number of methoxy groups -OCH3 is 1. The summed E-state index contributed by atoms with van der Waals surface area (Å²) in [4.78, 5) is 13.9. The van der Waals surface area contributed by atoms with Gasteiger partial charge in [-0.15, -0.1) is 0 Å². The van der Waals surface area contributed by atoms with Gasteiger partial charge >= 0.3 is 0 Å². The number of nitrogens with one attached hydrogen (secondary N) is 1. The van der Waals surface area contributed by atoms with Gasteiger partial charge in [0.05, 0.1) is 7.11 Å². The van der Waals surface area contributed by atoms with E-state index in [2.05, 4.69) is 4.72 Å². The van der Waals surface area contributed by atoms with Gasteiger partial charge in [-0.2, -0.15) is 0 Å². The summed E-state index contributed by atoms with van der Waals surface area (Å²) in [6, 6.07) is 8.62. The van der Waals surface area contributed by atoms with Crippen LogP contribution in [0.2, 0.25) is 0 Å². The molecule has 27 heavy (non-hydrogen) atoms. The highest BCUT2D eigenvalue weighted by molar-refractivity contribution is 7.92. The molecule has 0 unspecified atom stereocenters. The molecule has 0 aromatic heterocycles. The van der Waals surface area contributed by atoms with E-state index in [0.717, 1.165) is 22.4 Å². The first-order valence-corrected chi connectivity index (χ1v) is 10.4. The molecule has 1 heterocycles. The lowest BCUT2D eigenvalue weighted by atomic mass is 10.0. The number of nitrogens with zero attached hydrogens (tertiary/aromatic N) is 1. The number of hydrogen-bond acceptors (Lipinski definition) is 4. The fraction of sp³-hybridized carbons (Fsp3) is 0.350. The predicted octanol–water partition coefficient (Wildman–Crippen LogP) is 3.41. The van der Waals surface area contributed by atoms with Crippen LogP contribution in [0.1, 0.15) is 30.0 Å². The Bertz CT molecular complexity index is 999. The Morgan fingerprint density at radius 1 is 1.11 bits per heavy atom. The average Bonchev–Trinajstić information content (AvgIpc) is 2.63. The van der Waals surface area contributed by atoms with Crippen molar-refractivity contribution in [2.45, 2.75) is 38.5 Å². The highest BCUT2D eigenvalue weighted by Crippen LogP contribution is 2.32. The van der Waals surface area contributed by atoms with Gasteiger partial charge in [0.25, 0.3) is 10.0 Å². The number of sulfonamides is 1. The lowest BCUT2D eigenvalue weighted by Crippen LogP contribution is -2.34. The van der Waals surface area contributed by atoms with Crippen LogP contribution in [0.25, 0.3) is 0 Å². The second kappa shape index (κ2) is 7.23. The van der Waals surface area contributed by atoms with Crippen LogP contribution >= 0.6 is 0 Å². The Labute approximate surface area is 160 Å². The Morgan fingerprint density at radius 3 is 2.48 bits per heavy atom. The van der Waals surface area contributed by atoms with E-state index in [1.807, 2.05) is 20.8 Å². The maximum Gasteiger partial charge on any atom is 0.265 e. The van der Waals surface area contributed by atoms with E-state index in [-0.39, 0.29) is 10.8 Å². The third-order valence-corrected chi connectivity index (χ3v) is 6.32. The molecular weight excluding hydrogens is 364 g/mol. The van der Waals surface area contributed by atoms with Crippen LogP contribution in [-0.2, 0) is 21.2 Å². The largest absolute Gasteiger partial charge is 0.495 e. The normalized spacial score (nSPS) is 14.1. The van der Waals surface area contributed by atoms with Crippen molar-refractivity contribution in [2.24, 2.45) is 0 Å². The number of hydrogen-bond donors (Lipinski definition) is 1. The van der Waals surface area contributed by atoms with Crippen LogP contribution < -0.4 is 14.4 Å². The summed E-state index contributed by atoms with van der Waals surface area (Å²) in [5, 5.41) is 0. The molecule has 2 aromatic carbocycles. The number of rotatable bonds is 5. The molecule has 1 aliphatic heterocycles. The Balaban J connectivity index is 1.96. The number of amides is 1. The molecule has 3 rings (SSSR count). The molecular formula is C20H24N2O4S. The quantitative estimate of drug-likeness (QED) is 0.852. The molecule has 6 nitrogen and oxygen atoms in total. The molecule has 144 valence electrons. The summed E-state index contributed by atoms with van der Waals surface area (Å²) in [6.45, 7) is 6.29. The zero-order valence-corrected chi connectivity index (χ0v) is 16.8. The van der Waals surface area contributed by atoms with Gasteiger partial charge in [-0.3, -0.25) is 9.52 Å². The minimum absolute atomic E-state index is 0.0956. The van der Waals surface area contributed by atoms with Gasteiger partial charge < -0.3 is 9.64 Å². The van der Waals surface area contributed by atoms with Crippen molar-refractivity contribution in [3.63, 3.8) is 0 Å². The topological polar surface area (TPSA) is 75.7 Å². The second-order valence-electron chi connectivity index (χ2n) is 6.67. The number of anilines is 2. The van der Waals surface area contributed by atoms with Gasteiger partial charge in [0, 0.05) is 24.3 Å². The maximum absolute atomic E-state index is 12.9. The zero-order chi connectivity index (χ0) is 19.8. The van der Waals surface area contributed by atoms with Gasteiger partial charge in [-0.1, -0.05) is 0 Å². The molecule has 1 N–H and O–H groups in total. The monoisotopic (exact) mass is 388 g/mol. The SMILES string of the molecule is CCN1C(=O)CCc2cc(NS(=O)(=O)c3cc(C)c(C)cc3OC)ccc21. The van der Waals surface area contributed by atoms with Crippen molar-refractivity contribution in [2.75, 3.05) is 23.3 Å². The number of carbonyl (C=O) groups is 1. The van der Waals surface area contributed by atoms with E-state index in [1.54, 1.807) is 35.2 Å². The van der Waals surface area contributed by atoms with Crippen LogP contribution in [0.15, 0.2) is 35.2 Å². The molecule has 0 atom stereocenters. The van der Waals surface area contributed by atoms with Gasteiger partial charge in [0.15, 0.2) is 0 Å².